The summed E-state index contributed by atoms with van der Waals surface area (Å²) in [6.45, 7) is 0. The number of aromatic amines is 1. The molecule has 3 nitrogen and oxygen atoms in total. The van der Waals surface area contributed by atoms with Gasteiger partial charge >= 0.3 is 5.97 Å². The Morgan fingerprint density at radius 3 is 2.55 bits per heavy atom. The van der Waals surface area contributed by atoms with E-state index in [4.69, 9.17) is 5.11 Å². The molecule has 1 aromatic heterocycles. The largest absolute Gasteiger partial charge is 0.481 e. The molecule has 0 saturated carbocycles. The number of fused-ring (bicyclic) bond motifs is 1. The Balaban J connectivity index is 2.32. The number of carboxylic acids is 1. The molecule has 112 valence electrons. The van der Waals surface area contributed by atoms with Gasteiger partial charge in [-0.15, -0.1) is 0 Å². The second kappa shape index (κ2) is 5.22. The summed E-state index contributed by atoms with van der Waals surface area (Å²) in [5, 5.41) is 9.40. The SMILES string of the molecule is O=C(O)Cc1c(-c2ccc(F)cc2F)[nH]c2c(F)cccc12. The lowest BCUT2D eigenvalue weighted by Crippen LogP contribution is -2.01. The maximum absolute atomic E-state index is 14.0. The molecule has 3 aromatic rings. The Bertz CT molecular complexity index is 886. The number of halogens is 3. The number of hydrogen-bond donors (Lipinski definition) is 2. The van der Waals surface area contributed by atoms with E-state index in [9.17, 15) is 18.0 Å². The number of rotatable bonds is 3. The number of nitrogens with one attached hydrogen (secondary N) is 1. The van der Waals surface area contributed by atoms with Crippen molar-refractivity contribution in [3.63, 3.8) is 0 Å². The van der Waals surface area contributed by atoms with E-state index in [0.717, 1.165) is 6.07 Å². The molecule has 0 atom stereocenters. The molecule has 22 heavy (non-hydrogen) atoms. The van der Waals surface area contributed by atoms with Crippen LogP contribution in [0, 0.1) is 17.5 Å². The minimum absolute atomic E-state index is 0.00625. The summed E-state index contributed by atoms with van der Waals surface area (Å²) < 4.78 is 40.9. The van der Waals surface area contributed by atoms with Gasteiger partial charge in [-0.1, -0.05) is 12.1 Å². The van der Waals surface area contributed by atoms with Crippen LogP contribution >= 0.6 is 0 Å². The summed E-state index contributed by atoms with van der Waals surface area (Å²) in [6.07, 6.45) is -0.407. The Morgan fingerprint density at radius 2 is 1.86 bits per heavy atom. The van der Waals surface area contributed by atoms with Crippen molar-refractivity contribution in [2.45, 2.75) is 6.42 Å². The first-order valence-corrected chi connectivity index (χ1v) is 6.43. The summed E-state index contributed by atoms with van der Waals surface area (Å²) in [5.41, 5.74) is 0.484. The predicted octanol–water partition coefficient (Wildman–Crippen LogP) is 3.88. The molecule has 0 amide bonds. The third kappa shape index (κ3) is 2.32. The second-order valence-corrected chi connectivity index (χ2v) is 4.84. The van der Waals surface area contributed by atoms with Gasteiger partial charge in [-0.05, 0) is 23.8 Å². The van der Waals surface area contributed by atoms with Gasteiger partial charge in [0.1, 0.15) is 17.5 Å². The van der Waals surface area contributed by atoms with Crippen LogP contribution in [0.4, 0.5) is 13.2 Å². The van der Waals surface area contributed by atoms with Crippen molar-refractivity contribution in [3.05, 3.63) is 59.4 Å². The van der Waals surface area contributed by atoms with E-state index in [0.29, 0.717) is 11.5 Å². The maximum atomic E-state index is 14.0. The average Bonchev–Trinajstić information content (AvgIpc) is 2.79. The number of carboxylic acid groups (broad SMARTS) is 1. The van der Waals surface area contributed by atoms with E-state index in [1.807, 2.05) is 0 Å². The monoisotopic (exact) mass is 305 g/mol. The molecular weight excluding hydrogens is 295 g/mol. The molecule has 6 heteroatoms. The van der Waals surface area contributed by atoms with Crippen LogP contribution in [-0.4, -0.2) is 16.1 Å². The van der Waals surface area contributed by atoms with E-state index in [2.05, 4.69) is 4.98 Å². The zero-order chi connectivity index (χ0) is 15.9. The van der Waals surface area contributed by atoms with Gasteiger partial charge in [-0.25, -0.2) is 13.2 Å². The highest BCUT2D eigenvalue weighted by molar-refractivity contribution is 5.94. The number of benzene rings is 2. The van der Waals surface area contributed by atoms with Crippen LogP contribution in [0.5, 0.6) is 0 Å². The van der Waals surface area contributed by atoms with Crippen molar-refractivity contribution in [2.24, 2.45) is 0 Å². The molecule has 3 rings (SSSR count). The minimum atomic E-state index is -1.13. The van der Waals surface area contributed by atoms with Gasteiger partial charge in [-0.3, -0.25) is 4.79 Å². The molecule has 0 radical (unpaired) electrons. The van der Waals surface area contributed by atoms with Crippen LogP contribution < -0.4 is 0 Å². The fourth-order valence-electron chi connectivity index (χ4n) is 2.49. The van der Waals surface area contributed by atoms with Crippen LogP contribution in [0.2, 0.25) is 0 Å². The molecule has 2 N–H and O–H groups in total. The Kier molecular flexibility index (Phi) is 3.36. The second-order valence-electron chi connectivity index (χ2n) is 4.84. The van der Waals surface area contributed by atoms with Crippen LogP contribution in [-0.2, 0) is 11.2 Å². The Labute approximate surface area is 123 Å². The number of hydrogen-bond acceptors (Lipinski definition) is 1. The van der Waals surface area contributed by atoms with E-state index in [-0.39, 0.29) is 22.3 Å². The quantitative estimate of drug-likeness (QED) is 0.771. The molecule has 0 aliphatic rings. The topological polar surface area (TPSA) is 53.1 Å². The number of para-hydroxylation sites is 1. The van der Waals surface area contributed by atoms with Gasteiger partial charge in [0.2, 0.25) is 0 Å². The molecule has 0 spiro atoms. The first-order valence-electron chi connectivity index (χ1n) is 6.43. The minimum Gasteiger partial charge on any atom is -0.481 e. The lowest BCUT2D eigenvalue weighted by atomic mass is 10.0. The zero-order valence-electron chi connectivity index (χ0n) is 11.2. The van der Waals surface area contributed by atoms with Crippen molar-refractivity contribution in [1.82, 2.24) is 4.98 Å². The number of aromatic nitrogens is 1. The van der Waals surface area contributed by atoms with Gasteiger partial charge in [0.15, 0.2) is 0 Å². The highest BCUT2D eigenvalue weighted by Crippen LogP contribution is 2.33. The summed E-state index contributed by atoms with van der Waals surface area (Å²) in [6, 6.07) is 7.17. The molecule has 0 aliphatic heterocycles. The van der Waals surface area contributed by atoms with Crippen molar-refractivity contribution in [1.29, 1.82) is 0 Å². The van der Waals surface area contributed by atoms with E-state index in [1.54, 1.807) is 6.07 Å². The predicted molar refractivity (Wildman–Crippen MR) is 74.9 cm³/mol. The summed E-state index contributed by atoms with van der Waals surface area (Å²) in [4.78, 5) is 13.8. The molecular formula is C16H10F3NO2. The van der Waals surface area contributed by atoms with E-state index >= 15 is 0 Å². The van der Waals surface area contributed by atoms with Gasteiger partial charge in [0, 0.05) is 17.0 Å². The van der Waals surface area contributed by atoms with Crippen molar-refractivity contribution in [3.8, 4) is 11.3 Å². The average molecular weight is 305 g/mol. The summed E-state index contributed by atoms with van der Waals surface area (Å²) in [7, 11) is 0. The third-order valence-corrected chi connectivity index (χ3v) is 3.42. The van der Waals surface area contributed by atoms with Crippen molar-refractivity contribution >= 4 is 16.9 Å². The number of aliphatic carboxylic acids is 1. The van der Waals surface area contributed by atoms with Gasteiger partial charge < -0.3 is 10.1 Å². The Morgan fingerprint density at radius 1 is 1.09 bits per heavy atom. The Hall–Kier alpha value is -2.76. The standard InChI is InChI=1S/C16H10F3NO2/c17-8-4-5-10(13(19)6-8)15-11(7-14(21)22)9-2-1-3-12(18)16(9)20-15/h1-6,20H,7H2,(H,21,22). The highest BCUT2D eigenvalue weighted by Gasteiger charge is 2.20. The molecule has 0 bridgehead atoms. The van der Waals surface area contributed by atoms with E-state index < -0.39 is 29.8 Å². The highest BCUT2D eigenvalue weighted by atomic mass is 19.1. The molecule has 0 saturated heterocycles. The third-order valence-electron chi connectivity index (χ3n) is 3.42. The zero-order valence-corrected chi connectivity index (χ0v) is 11.2. The lowest BCUT2D eigenvalue weighted by Gasteiger charge is -2.04. The normalized spacial score (nSPS) is 11.0. The lowest BCUT2D eigenvalue weighted by molar-refractivity contribution is -0.136. The number of carbonyl (C=O) groups is 1. The summed E-state index contributed by atoms with van der Waals surface area (Å²) >= 11 is 0. The molecule has 0 aliphatic carbocycles. The molecule has 0 fully saturated rings. The first kappa shape index (κ1) is 14.2. The maximum Gasteiger partial charge on any atom is 0.307 e. The van der Waals surface area contributed by atoms with Crippen LogP contribution in [0.3, 0.4) is 0 Å². The van der Waals surface area contributed by atoms with Gasteiger partial charge in [0.25, 0.3) is 0 Å². The molecule has 2 aromatic carbocycles. The van der Waals surface area contributed by atoms with Crippen LogP contribution in [0.15, 0.2) is 36.4 Å². The smallest absolute Gasteiger partial charge is 0.307 e. The fraction of sp³-hybridized carbons (Fsp3) is 0.0625. The van der Waals surface area contributed by atoms with E-state index in [1.165, 1.54) is 18.2 Å². The van der Waals surface area contributed by atoms with Crippen molar-refractivity contribution < 1.29 is 23.1 Å². The molecule has 0 unspecified atom stereocenters. The van der Waals surface area contributed by atoms with Crippen LogP contribution in [0.25, 0.3) is 22.2 Å². The molecule has 1 heterocycles. The first-order chi connectivity index (χ1) is 10.5. The van der Waals surface area contributed by atoms with Gasteiger partial charge in [-0.2, -0.15) is 0 Å². The van der Waals surface area contributed by atoms with Crippen molar-refractivity contribution in [2.75, 3.05) is 0 Å². The van der Waals surface area contributed by atoms with Crippen LogP contribution in [0.1, 0.15) is 5.56 Å². The van der Waals surface area contributed by atoms with Gasteiger partial charge in [0.05, 0.1) is 17.6 Å². The fourth-order valence-corrected chi connectivity index (χ4v) is 2.49. The number of H-pyrrole nitrogens is 1. The summed E-state index contributed by atoms with van der Waals surface area (Å²) in [5.74, 6) is -3.30.